The van der Waals surface area contributed by atoms with Crippen LogP contribution in [0.1, 0.15) is 30.1 Å². The average molecular weight is 525 g/mol. The van der Waals surface area contributed by atoms with Gasteiger partial charge in [-0.25, -0.2) is 9.69 Å². The minimum absolute atomic E-state index is 0.0352. The van der Waals surface area contributed by atoms with Crippen LogP contribution in [0.2, 0.25) is 0 Å². The van der Waals surface area contributed by atoms with Gasteiger partial charge in [-0.2, -0.15) is 0 Å². The largest absolute Gasteiger partial charge is 0.462 e. The van der Waals surface area contributed by atoms with Gasteiger partial charge in [0.2, 0.25) is 0 Å². The van der Waals surface area contributed by atoms with Crippen molar-refractivity contribution in [1.29, 1.82) is 0 Å². The predicted molar refractivity (Wildman–Crippen MR) is 120 cm³/mol. The lowest BCUT2D eigenvalue weighted by Gasteiger charge is -2.18. The SMILES string of the molecule is CCCCOC(=O)c1ccccc1N1C(=O)C(Cl)=C(Nc2ccc(I)cc2)C1=O. The van der Waals surface area contributed by atoms with Gasteiger partial charge in [0.15, 0.2) is 0 Å². The Morgan fingerprint density at radius 3 is 2.48 bits per heavy atom. The number of para-hydroxylation sites is 1. The molecular formula is C21H18ClIN2O4. The zero-order valence-corrected chi connectivity index (χ0v) is 18.5. The highest BCUT2D eigenvalue weighted by molar-refractivity contribution is 14.1. The van der Waals surface area contributed by atoms with Gasteiger partial charge in [-0.15, -0.1) is 0 Å². The minimum Gasteiger partial charge on any atom is -0.462 e. The summed E-state index contributed by atoms with van der Waals surface area (Å²) in [5.74, 6) is -1.92. The minimum atomic E-state index is -0.696. The maximum atomic E-state index is 13.0. The number of halogens is 2. The molecule has 150 valence electrons. The number of hydrogen-bond donors (Lipinski definition) is 1. The highest BCUT2D eigenvalue weighted by Gasteiger charge is 2.40. The molecule has 29 heavy (non-hydrogen) atoms. The van der Waals surface area contributed by atoms with E-state index in [4.69, 9.17) is 16.3 Å². The molecule has 2 aromatic rings. The molecule has 2 aromatic carbocycles. The van der Waals surface area contributed by atoms with E-state index in [1.807, 2.05) is 19.1 Å². The van der Waals surface area contributed by atoms with E-state index in [0.717, 1.165) is 21.3 Å². The summed E-state index contributed by atoms with van der Waals surface area (Å²) in [6.45, 7) is 2.25. The van der Waals surface area contributed by atoms with Gasteiger partial charge < -0.3 is 10.1 Å². The second-order valence-corrected chi connectivity index (χ2v) is 7.90. The van der Waals surface area contributed by atoms with Crippen LogP contribution in [0.5, 0.6) is 0 Å². The van der Waals surface area contributed by atoms with Gasteiger partial charge in [-0.3, -0.25) is 9.59 Å². The molecule has 0 fully saturated rings. The molecule has 8 heteroatoms. The van der Waals surface area contributed by atoms with Crippen LogP contribution < -0.4 is 10.2 Å². The Labute approximate surface area is 187 Å². The summed E-state index contributed by atoms with van der Waals surface area (Å²) in [7, 11) is 0. The Kier molecular flexibility index (Phi) is 6.92. The van der Waals surface area contributed by atoms with Crippen LogP contribution in [0, 0.1) is 3.57 Å². The molecule has 0 aromatic heterocycles. The van der Waals surface area contributed by atoms with Gasteiger partial charge in [-0.05, 0) is 65.4 Å². The summed E-state index contributed by atoms with van der Waals surface area (Å²) < 4.78 is 6.28. The van der Waals surface area contributed by atoms with Gasteiger partial charge in [0.05, 0.1) is 17.9 Å². The van der Waals surface area contributed by atoms with Gasteiger partial charge in [0.25, 0.3) is 11.8 Å². The van der Waals surface area contributed by atoms with E-state index in [0.29, 0.717) is 5.69 Å². The van der Waals surface area contributed by atoms with Gasteiger partial charge >= 0.3 is 5.97 Å². The van der Waals surface area contributed by atoms with Gasteiger partial charge in [-0.1, -0.05) is 37.1 Å². The lowest BCUT2D eigenvalue weighted by molar-refractivity contribution is -0.120. The molecule has 0 saturated heterocycles. The number of carbonyl (C=O) groups is 3. The molecule has 0 bridgehead atoms. The molecule has 0 unspecified atom stereocenters. The number of esters is 1. The first-order valence-corrected chi connectivity index (χ1v) is 10.5. The number of amides is 2. The van der Waals surface area contributed by atoms with Crippen molar-refractivity contribution in [3.05, 3.63) is 68.4 Å². The van der Waals surface area contributed by atoms with E-state index >= 15 is 0 Å². The number of unbranched alkanes of at least 4 members (excludes halogenated alkanes) is 1. The van der Waals surface area contributed by atoms with Crippen molar-refractivity contribution < 1.29 is 19.1 Å². The third-order valence-corrected chi connectivity index (χ3v) is 5.31. The van der Waals surface area contributed by atoms with Crippen molar-refractivity contribution in [1.82, 2.24) is 0 Å². The lowest BCUT2D eigenvalue weighted by Crippen LogP contribution is -2.33. The third-order valence-electron chi connectivity index (χ3n) is 4.24. The molecule has 2 amide bonds. The highest BCUT2D eigenvalue weighted by atomic mass is 127. The number of nitrogens with zero attached hydrogens (tertiary/aromatic N) is 1. The van der Waals surface area contributed by atoms with Crippen molar-refractivity contribution in [3.8, 4) is 0 Å². The molecule has 0 spiro atoms. The van der Waals surface area contributed by atoms with E-state index < -0.39 is 17.8 Å². The van der Waals surface area contributed by atoms with Crippen LogP contribution in [-0.4, -0.2) is 24.4 Å². The quantitative estimate of drug-likeness (QED) is 0.246. The molecule has 6 nitrogen and oxygen atoms in total. The van der Waals surface area contributed by atoms with Crippen molar-refractivity contribution in [2.45, 2.75) is 19.8 Å². The van der Waals surface area contributed by atoms with Crippen molar-refractivity contribution in [2.24, 2.45) is 0 Å². The number of benzene rings is 2. The first-order chi connectivity index (χ1) is 13.9. The molecule has 1 aliphatic rings. The van der Waals surface area contributed by atoms with E-state index in [2.05, 4.69) is 27.9 Å². The van der Waals surface area contributed by atoms with Gasteiger partial charge in [0, 0.05) is 9.26 Å². The Morgan fingerprint density at radius 2 is 1.79 bits per heavy atom. The first kappa shape index (κ1) is 21.3. The summed E-state index contributed by atoms with van der Waals surface area (Å²) in [5, 5.41) is 2.67. The fourth-order valence-electron chi connectivity index (χ4n) is 2.74. The van der Waals surface area contributed by atoms with E-state index in [1.54, 1.807) is 24.3 Å². The van der Waals surface area contributed by atoms with Crippen molar-refractivity contribution in [2.75, 3.05) is 16.8 Å². The van der Waals surface area contributed by atoms with Gasteiger partial charge in [0.1, 0.15) is 10.7 Å². The van der Waals surface area contributed by atoms with Crippen LogP contribution in [0.25, 0.3) is 0 Å². The maximum absolute atomic E-state index is 13.0. The summed E-state index contributed by atoms with van der Waals surface area (Å²) in [4.78, 5) is 39.1. The molecular weight excluding hydrogens is 507 g/mol. The number of nitrogens with one attached hydrogen (secondary N) is 1. The van der Waals surface area contributed by atoms with Crippen LogP contribution >= 0.6 is 34.2 Å². The fourth-order valence-corrected chi connectivity index (χ4v) is 3.31. The Bertz CT molecular complexity index is 988. The molecule has 1 heterocycles. The Morgan fingerprint density at radius 1 is 1.10 bits per heavy atom. The second kappa shape index (κ2) is 9.41. The molecule has 0 aliphatic carbocycles. The standard InChI is InChI=1S/C21H18ClIN2O4/c1-2-3-12-29-21(28)15-6-4-5-7-16(15)25-19(26)17(22)18(20(25)27)24-14-10-8-13(23)9-11-14/h4-11,24H,2-3,12H2,1H3. The molecule has 1 N–H and O–H groups in total. The van der Waals surface area contributed by atoms with E-state index in [-0.39, 0.29) is 28.6 Å². The molecule has 3 rings (SSSR count). The van der Waals surface area contributed by atoms with E-state index in [9.17, 15) is 14.4 Å². The maximum Gasteiger partial charge on any atom is 0.340 e. The number of rotatable bonds is 7. The van der Waals surface area contributed by atoms with Crippen LogP contribution in [0.15, 0.2) is 59.3 Å². The monoisotopic (exact) mass is 524 g/mol. The highest BCUT2D eigenvalue weighted by Crippen LogP contribution is 2.32. The van der Waals surface area contributed by atoms with Crippen LogP contribution in [0.4, 0.5) is 11.4 Å². The third kappa shape index (κ3) is 4.62. The zero-order valence-electron chi connectivity index (χ0n) is 15.6. The fraction of sp³-hybridized carbons (Fsp3) is 0.190. The van der Waals surface area contributed by atoms with Crippen LogP contribution in [0.3, 0.4) is 0 Å². The van der Waals surface area contributed by atoms with Crippen LogP contribution in [-0.2, 0) is 14.3 Å². The zero-order chi connectivity index (χ0) is 21.0. The molecule has 0 radical (unpaired) electrons. The summed E-state index contributed by atoms with van der Waals surface area (Å²) >= 11 is 8.34. The average Bonchev–Trinajstić information content (AvgIpc) is 2.93. The Balaban J connectivity index is 1.88. The number of carbonyl (C=O) groups excluding carboxylic acids is 3. The second-order valence-electron chi connectivity index (χ2n) is 6.27. The summed E-state index contributed by atoms with van der Waals surface area (Å²) in [6, 6.07) is 13.6. The summed E-state index contributed by atoms with van der Waals surface area (Å²) in [5.41, 5.74) is 0.854. The number of hydrogen-bond acceptors (Lipinski definition) is 5. The van der Waals surface area contributed by atoms with Crippen molar-refractivity contribution >= 4 is 63.4 Å². The summed E-state index contributed by atoms with van der Waals surface area (Å²) in [6.07, 6.45) is 1.61. The smallest absolute Gasteiger partial charge is 0.340 e. The van der Waals surface area contributed by atoms with E-state index in [1.165, 1.54) is 12.1 Å². The first-order valence-electron chi connectivity index (χ1n) is 9.01. The predicted octanol–water partition coefficient (Wildman–Crippen LogP) is 4.68. The lowest BCUT2D eigenvalue weighted by atomic mass is 10.1. The Hall–Kier alpha value is -2.39. The molecule has 1 aliphatic heterocycles. The number of ether oxygens (including phenoxy) is 1. The number of imide groups is 1. The normalized spacial score (nSPS) is 13.8. The van der Waals surface area contributed by atoms with Crippen molar-refractivity contribution in [3.63, 3.8) is 0 Å². The molecule has 0 atom stereocenters. The molecule has 0 saturated carbocycles. The topological polar surface area (TPSA) is 75.7 Å². The number of anilines is 2.